The number of fused-ring (bicyclic) bond motifs is 1. The Morgan fingerprint density at radius 3 is 2.86 bits per heavy atom. The molecule has 1 unspecified atom stereocenters. The van der Waals surface area contributed by atoms with Gasteiger partial charge in [0.25, 0.3) is 0 Å². The Labute approximate surface area is 125 Å². The second-order valence-electron chi connectivity index (χ2n) is 5.40. The fourth-order valence-corrected chi connectivity index (χ4v) is 2.74. The van der Waals surface area contributed by atoms with Crippen LogP contribution in [-0.2, 0) is 6.42 Å². The van der Waals surface area contributed by atoms with Gasteiger partial charge >= 0.3 is 0 Å². The van der Waals surface area contributed by atoms with Crippen LogP contribution in [0.1, 0.15) is 28.2 Å². The first-order chi connectivity index (χ1) is 10.3. The average Bonchev–Trinajstić information content (AvgIpc) is 2.48. The van der Waals surface area contributed by atoms with Gasteiger partial charge in [-0.2, -0.15) is 0 Å². The van der Waals surface area contributed by atoms with Crippen molar-refractivity contribution in [1.29, 1.82) is 0 Å². The molecule has 2 heteroatoms. The third kappa shape index (κ3) is 2.94. The summed E-state index contributed by atoms with van der Waals surface area (Å²) >= 11 is 0. The molecule has 0 spiro atoms. The fourth-order valence-electron chi connectivity index (χ4n) is 2.74. The van der Waals surface area contributed by atoms with E-state index in [0.29, 0.717) is 12.5 Å². The van der Waals surface area contributed by atoms with Gasteiger partial charge in [0.05, 0.1) is 13.2 Å². The predicted octanol–water partition coefficient (Wildman–Crippen LogP) is 3.02. The number of nitrogens with two attached hydrogens (primary N) is 1. The van der Waals surface area contributed by atoms with E-state index in [1.54, 1.807) is 0 Å². The van der Waals surface area contributed by atoms with E-state index in [2.05, 4.69) is 43.0 Å². The van der Waals surface area contributed by atoms with Gasteiger partial charge in [0.15, 0.2) is 0 Å². The van der Waals surface area contributed by atoms with Gasteiger partial charge in [0, 0.05) is 11.5 Å². The average molecular weight is 277 g/mol. The van der Waals surface area contributed by atoms with Gasteiger partial charge < -0.3 is 10.5 Å². The molecule has 0 amide bonds. The summed E-state index contributed by atoms with van der Waals surface area (Å²) in [6, 6.07) is 14.6. The Morgan fingerprint density at radius 2 is 2.10 bits per heavy atom. The van der Waals surface area contributed by atoms with Gasteiger partial charge in [-0.25, -0.2) is 0 Å². The molecule has 2 nitrogen and oxygen atoms in total. The highest BCUT2D eigenvalue weighted by molar-refractivity contribution is 5.44. The predicted molar refractivity (Wildman–Crippen MR) is 85.5 cm³/mol. The number of benzene rings is 2. The number of hydrogen-bond donors (Lipinski definition) is 1. The molecule has 21 heavy (non-hydrogen) atoms. The molecule has 106 valence electrons. The minimum Gasteiger partial charge on any atom is -0.493 e. The van der Waals surface area contributed by atoms with Crippen molar-refractivity contribution in [3.8, 4) is 17.6 Å². The number of hydrogen-bond acceptors (Lipinski definition) is 2. The molecule has 0 heterocycles. The first-order valence-electron chi connectivity index (χ1n) is 7.28. The van der Waals surface area contributed by atoms with E-state index in [1.807, 2.05) is 18.2 Å². The van der Waals surface area contributed by atoms with Gasteiger partial charge in [-0.1, -0.05) is 36.1 Å². The first kappa shape index (κ1) is 13.7. The normalized spacial score (nSPS) is 15.4. The highest BCUT2D eigenvalue weighted by Gasteiger charge is 2.25. The van der Waals surface area contributed by atoms with Crippen molar-refractivity contribution in [3.63, 3.8) is 0 Å². The SMILES string of the molecule is Cc1cc(C#CCN)ccc1OCC1Cc2ccccc21. The van der Waals surface area contributed by atoms with Crippen molar-refractivity contribution in [1.82, 2.24) is 0 Å². The van der Waals surface area contributed by atoms with E-state index in [1.165, 1.54) is 11.1 Å². The maximum atomic E-state index is 5.98. The maximum absolute atomic E-state index is 5.98. The Morgan fingerprint density at radius 1 is 1.24 bits per heavy atom. The van der Waals surface area contributed by atoms with Crippen LogP contribution in [0.5, 0.6) is 5.75 Å². The summed E-state index contributed by atoms with van der Waals surface area (Å²) in [7, 11) is 0. The lowest BCUT2D eigenvalue weighted by molar-refractivity contribution is 0.273. The quantitative estimate of drug-likeness (QED) is 0.875. The molecule has 2 N–H and O–H groups in total. The molecule has 0 saturated carbocycles. The Kier molecular flexibility index (Phi) is 3.94. The van der Waals surface area contributed by atoms with Crippen molar-refractivity contribution >= 4 is 0 Å². The highest BCUT2D eigenvalue weighted by Crippen LogP contribution is 2.35. The lowest BCUT2D eigenvalue weighted by atomic mass is 9.78. The molecule has 0 saturated heterocycles. The molecule has 1 aliphatic rings. The summed E-state index contributed by atoms with van der Waals surface area (Å²) in [6.07, 6.45) is 1.12. The molecular weight excluding hydrogens is 258 g/mol. The van der Waals surface area contributed by atoms with E-state index in [0.717, 1.165) is 29.9 Å². The van der Waals surface area contributed by atoms with Crippen LogP contribution in [0.2, 0.25) is 0 Å². The summed E-state index contributed by atoms with van der Waals surface area (Å²) in [4.78, 5) is 0. The molecule has 1 aliphatic carbocycles. The molecular formula is C19H19NO. The molecule has 2 aromatic carbocycles. The first-order valence-corrected chi connectivity index (χ1v) is 7.28. The summed E-state index contributed by atoms with van der Waals surface area (Å²) in [6.45, 7) is 3.18. The van der Waals surface area contributed by atoms with Crippen molar-refractivity contribution in [2.24, 2.45) is 5.73 Å². The smallest absolute Gasteiger partial charge is 0.122 e. The third-order valence-corrected chi connectivity index (χ3v) is 3.91. The van der Waals surface area contributed by atoms with Crippen LogP contribution in [0.25, 0.3) is 0 Å². The third-order valence-electron chi connectivity index (χ3n) is 3.91. The van der Waals surface area contributed by atoms with Gasteiger partial charge in [-0.15, -0.1) is 0 Å². The van der Waals surface area contributed by atoms with Crippen LogP contribution in [0.3, 0.4) is 0 Å². The maximum Gasteiger partial charge on any atom is 0.122 e. The molecule has 0 radical (unpaired) electrons. The Hall–Kier alpha value is -2.24. The Bertz CT molecular complexity index is 709. The summed E-state index contributed by atoms with van der Waals surface area (Å²) < 4.78 is 5.98. The molecule has 1 atom stereocenters. The largest absolute Gasteiger partial charge is 0.493 e. The zero-order valence-corrected chi connectivity index (χ0v) is 12.2. The van der Waals surface area contributed by atoms with E-state index in [-0.39, 0.29) is 0 Å². The molecule has 0 aromatic heterocycles. The monoisotopic (exact) mass is 277 g/mol. The zero-order valence-electron chi connectivity index (χ0n) is 12.2. The summed E-state index contributed by atoms with van der Waals surface area (Å²) in [5.74, 6) is 7.38. The van der Waals surface area contributed by atoms with E-state index < -0.39 is 0 Å². The molecule has 3 rings (SSSR count). The minimum absolute atomic E-state index is 0.387. The summed E-state index contributed by atoms with van der Waals surface area (Å²) in [5.41, 5.74) is 10.4. The highest BCUT2D eigenvalue weighted by atomic mass is 16.5. The van der Waals surface area contributed by atoms with Crippen LogP contribution >= 0.6 is 0 Å². The Balaban J connectivity index is 1.64. The second kappa shape index (κ2) is 6.03. The fraction of sp³-hybridized carbons (Fsp3) is 0.263. The standard InChI is InChI=1S/C19H19NO/c1-14-11-15(5-4-10-20)8-9-19(14)21-13-17-12-16-6-2-3-7-18(16)17/h2-3,6-9,11,17H,10,12-13,20H2,1H3. The van der Waals surface area contributed by atoms with Crippen LogP contribution in [-0.4, -0.2) is 13.2 Å². The van der Waals surface area contributed by atoms with Crippen LogP contribution in [0.15, 0.2) is 42.5 Å². The van der Waals surface area contributed by atoms with Crippen molar-refractivity contribution in [2.75, 3.05) is 13.2 Å². The number of ether oxygens (including phenoxy) is 1. The number of rotatable bonds is 3. The van der Waals surface area contributed by atoms with Crippen LogP contribution in [0.4, 0.5) is 0 Å². The van der Waals surface area contributed by atoms with Crippen LogP contribution < -0.4 is 10.5 Å². The van der Waals surface area contributed by atoms with Gasteiger partial charge in [-0.05, 0) is 48.2 Å². The van der Waals surface area contributed by atoms with Gasteiger partial charge in [0.1, 0.15) is 5.75 Å². The number of aryl methyl sites for hydroxylation is 1. The molecule has 0 aliphatic heterocycles. The second-order valence-corrected chi connectivity index (χ2v) is 5.40. The van der Waals surface area contributed by atoms with E-state index in [9.17, 15) is 0 Å². The topological polar surface area (TPSA) is 35.2 Å². The van der Waals surface area contributed by atoms with Crippen molar-refractivity contribution in [2.45, 2.75) is 19.3 Å². The molecule has 2 aromatic rings. The van der Waals surface area contributed by atoms with E-state index >= 15 is 0 Å². The summed E-state index contributed by atoms with van der Waals surface area (Å²) in [5, 5.41) is 0. The van der Waals surface area contributed by atoms with Gasteiger partial charge in [-0.3, -0.25) is 0 Å². The lowest BCUT2D eigenvalue weighted by Gasteiger charge is -2.30. The molecule has 0 fully saturated rings. The minimum atomic E-state index is 0.387. The van der Waals surface area contributed by atoms with Gasteiger partial charge in [0.2, 0.25) is 0 Å². The lowest BCUT2D eigenvalue weighted by Crippen LogP contribution is -2.23. The van der Waals surface area contributed by atoms with E-state index in [4.69, 9.17) is 10.5 Å². The van der Waals surface area contributed by atoms with Crippen molar-refractivity contribution < 1.29 is 4.74 Å². The zero-order chi connectivity index (χ0) is 14.7. The van der Waals surface area contributed by atoms with Crippen LogP contribution in [0, 0.1) is 18.8 Å². The molecule has 0 bridgehead atoms. The van der Waals surface area contributed by atoms with Crippen molar-refractivity contribution in [3.05, 3.63) is 64.7 Å².